The van der Waals surface area contributed by atoms with Gasteiger partial charge < -0.3 is 9.84 Å². The first kappa shape index (κ1) is 16.1. The van der Waals surface area contributed by atoms with Gasteiger partial charge in [0.05, 0.1) is 7.11 Å². The average molecular weight is 346 g/mol. The monoisotopic (exact) mass is 346 g/mol. The molecule has 1 atom stereocenters. The number of benzene rings is 2. The summed E-state index contributed by atoms with van der Waals surface area (Å²) < 4.78 is 5.41. The summed E-state index contributed by atoms with van der Waals surface area (Å²) >= 11 is 0. The van der Waals surface area contributed by atoms with Crippen LogP contribution in [0.1, 0.15) is 32.9 Å². The molecule has 26 heavy (non-hydrogen) atoms. The van der Waals surface area contributed by atoms with Crippen molar-refractivity contribution in [1.82, 2.24) is 10.2 Å². The van der Waals surface area contributed by atoms with Gasteiger partial charge in [-0.15, -0.1) is 0 Å². The highest BCUT2D eigenvalue weighted by atomic mass is 16.5. The van der Waals surface area contributed by atoms with E-state index in [0.717, 1.165) is 22.6 Å². The quantitative estimate of drug-likeness (QED) is 0.756. The Hall–Kier alpha value is -3.34. The molecule has 0 saturated carbocycles. The molecular formula is C21H18N2O3. The standard InChI is InChI=1S/C21H18N2O3/c1-26-16-9-5-8-15(12-16)21(14-6-3-2-4-7-14)11-10-17-18(13-21)22-23-19(17)20(24)25/h2-12H,13H2,1H3,(H,22,23)(H,24,25). The number of fused-ring (bicyclic) bond motifs is 1. The molecule has 2 aromatic carbocycles. The number of carboxylic acid groups (broad SMARTS) is 1. The number of nitrogens with zero attached hydrogens (tertiary/aromatic N) is 1. The van der Waals surface area contributed by atoms with Gasteiger partial charge in [0.25, 0.3) is 0 Å². The topological polar surface area (TPSA) is 75.2 Å². The zero-order valence-electron chi connectivity index (χ0n) is 14.3. The number of aromatic nitrogens is 2. The van der Waals surface area contributed by atoms with E-state index in [9.17, 15) is 9.90 Å². The van der Waals surface area contributed by atoms with E-state index in [0.29, 0.717) is 12.0 Å². The molecule has 1 aliphatic carbocycles. The van der Waals surface area contributed by atoms with Gasteiger partial charge in [-0.3, -0.25) is 5.10 Å². The second-order valence-electron chi connectivity index (χ2n) is 6.35. The van der Waals surface area contributed by atoms with Crippen LogP contribution in [0.3, 0.4) is 0 Å². The van der Waals surface area contributed by atoms with Crippen molar-refractivity contribution in [2.45, 2.75) is 11.8 Å². The third-order valence-electron chi connectivity index (χ3n) is 4.95. The molecule has 0 fully saturated rings. The molecule has 1 heterocycles. The molecular weight excluding hydrogens is 328 g/mol. The third kappa shape index (κ3) is 2.49. The highest BCUT2D eigenvalue weighted by Gasteiger charge is 2.37. The Bertz CT molecular complexity index is 992. The summed E-state index contributed by atoms with van der Waals surface area (Å²) in [4.78, 5) is 11.4. The molecule has 0 amide bonds. The summed E-state index contributed by atoms with van der Waals surface area (Å²) in [7, 11) is 1.65. The van der Waals surface area contributed by atoms with Gasteiger partial charge in [0, 0.05) is 23.1 Å². The summed E-state index contributed by atoms with van der Waals surface area (Å²) in [6, 6.07) is 18.2. The zero-order valence-corrected chi connectivity index (χ0v) is 14.3. The molecule has 1 unspecified atom stereocenters. The fourth-order valence-corrected chi connectivity index (χ4v) is 3.63. The molecule has 0 bridgehead atoms. The lowest BCUT2D eigenvalue weighted by Gasteiger charge is -2.34. The van der Waals surface area contributed by atoms with Gasteiger partial charge in [-0.2, -0.15) is 5.10 Å². The average Bonchev–Trinajstić information content (AvgIpc) is 3.11. The van der Waals surface area contributed by atoms with E-state index in [1.165, 1.54) is 0 Å². The molecule has 1 aromatic heterocycles. The predicted molar refractivity (Wildman–Crippen MR) is 98.5 cm³/mol. The van der Waals surface area contributed by atoms with Gasteiger partial charge in [-0.1, -0.05) is 54.6 Å². The van der Waals surface area contributed by atoms with Crippen molar-refractivity contribution in [3.05, 3.63) is 88.8 Å². The molecule has 5 nitrogen and oxygen atoms in total. The van der Waals surface area contributed by atoms with Gasteiger partial charge >= 0.3 is 5.97 Å². The van der Waals surface area contributed by atoms with Crippen LogP contribution in [-0.4, -0.2) is 28.4 Å². The van der Waals surface area contributed by atoms with Crippen LogP contribution in [0.25, 0.3) is 6.08 Å². The van der Waals surface area contributed by atoms with E-state index < -0.39 is 11.4 Å². The summed E-state index contributed by atoms with van der Waals surface area (Å²) in [5.41, 5.74) is 3.30. The Morgan fingerprint density at radius 1 is 1.15 bits per heavy atom. The van der Waals surface area contributed by atoms with Crippen LogP contribution in [0, 0.1) is 0 Å². The Balaban J connectivity index is 1.90. The Kier molecular flexibility index (Phi) is 3.84. The molecule has 130 valence electrons. The zero-order chi connectivity index (χ0) is 18.1. The molecule has 0 spiro atoms. The van der Waals surface area contributed by atoms with E-state index in [2.05, 4.69) is 34.5 Å². The van der Waals surface area contributed by atoms with Crippen LogP contribution in [0.15, 0.2) is 60.7 Å². The van der Waals surface area contributed by atoms with Crippen molar-refractivity contribution in [3.63, 3.8) is 0 Å². The molecule has 3 aromatic rings. The number of allylic oxidation sites excluding steroid dienone is 1. The number of ether oxygens (including phenoxy) is 1. The normalized spacial score (nSPS) is 18.3. The Labute approximate surface area is 151 Å². The number of H-pyrrole nitrogens is 1. The Morgan fingerprint density at radius 3 is 2.65 bits per heavy atom. The van der Waals surface area contributed by atoms with Crippen LogP contribution in [-0.2, 0) is 11.8 Å². The van der Waals surface area contributed by atoms with E-state index in [1.54, 1.807) is 7.11 Å². The van der Waals surface area contributed by atoms with Crippen LogP contribution in [0.5, 0.6) is 5.75 Å². The smallest absolute Gasteiger partial charge is 0.357 e. The number of aromatic carboxylic acids is 1. The molecule has 4 rings (SSSR count). The summed E-state index contributed by atoms with van der Waals surface area (Å²) in [5, 5.41) is 16.2. The Morgan fingerprint density at radius 2 is 1.92 bits per heavy atom. The van der Waals surface area contributed by atoms with Crippen molar-refractivity contribution in [3.8, 4) is 5.75 Å². The minimum absolute atomic E-state index is 0.0588. The van der Waals surface area contributed by atoms with Crippen LogP contribution >= 0.6 is 0 Å². The predicted octanol–water partition coefficient (Wildman–Crippen LogP) is 3.67. The molecule has 5 heteroatoms. The first-order valence-electron chi connectivity index (χ1n) is 8.34. The molecule has 2 N–H and O–H groups in total. The number of aromatic amines is 1. The van der Waals surface area contributed by atoms with E-state index in [1.807, 2.05) is 42.5 Å². The van der Waals surface area contributed by atoms with Crippen LogP contribution in [0.4, 0.5) is 0 Å². The second kappa shape index (κ2) is 6.19. The van der Waals surface area contributed by atoms with Crippen molar-refractivity contribution in [1.29, 1.82) is 0 Å². The number of hydrogen-bond acceptors (Lipinski definition) is 3. The lowest BCUT2D eigenvalue weighted by molar-refractivity contribution is 0.0690. The second-order valence-corrected chi connectivity index (χ2v) is 6.35. The summed E-state index contributed by atoms with van der Waals surface area (Å²) in [5.74, 6) is -0.242. The van der Waals surface area contributed by atoms with Crippen LogP contribution < -0.4 is 4.74 Å². The van der Waals surface area contributed by atoms with Gasteiger partial charge in [-0.05, 0) is 23.3 Å². The van der Waals surface area contributed by atoms with E-state index in [4.69, 9.17) is 4.74 Å². The van der Waals surface area contributed by atoms with Crippen molar-refractivity contribution < 1.29 is 14.6 Å². The van der Waals surface area contributed by atoms with Gasteiger partial charge in [-0.25, -0.2) is 4.79 Å². The van der Waals surface area contributed by atoms with Crippen molar-refractivity contribution >= 4 is 12.0 Å². The molecule has 0 saturated heterocycles. The highest BCUT2D eigenvalue weighted by molar-refractivity contribution is 5.91. The molecule has 0 aliphatic heterocycles. The summed E-state index contributed by atoms with van der Waals surface area (Å²) in [6.07, 6.45) is 4.52. The number of rotatable bonds is 4. The minimum atomic E-state index is -1.03. The maximum atomic E-state index is 11.4. The lowest BCUT2D eigenvalue weighted by Crippen LogP contribution is -2.30. The van der Waals surface area contributed by atoms with Crippen molar-refractivity contribution in [2.24, 2.45) is 0 Å². The number of nitrogens with one attached hydrogen (secondary N) is 1. The highest BCUT2D eigenvalue weighted by Crippen LogP contribution is 2.42. The minimum Gasteiger partial charge on any atom is -0.497 e. The molecule has 1 aliphatic rings. The largest absolute Gasteiger partial charge is 0.497 e. The number of carbonyl (C=O) groups is 1. The van der Waals surface area contributed by atoms with Crippen LogP contribution in [0.2, 0.25) is 0 Å². The number of methoxy groups -OCH3 is 1. The third-order valence-corrected chi connectivity index (χ3v) is 4.95. The maximum absolute atomic E-state index is 11.4. The maximum Gasteiger partial charge on any atom is 0.357 e. The number of carboxylic acids is 1. The lowest BCUT2D eigenvalue weighted by atomic mass is 9.68. The summed E-state index contributed by atoms with van der Waals surface area (Å²) in [6.45, 7) is 0. The van der Waals surface area contributed by atoms with Crippen molar-refractivity contribution in [2.75, 3.05) is 7.11 Å². The first-order valence-corrected chi connectivity index (χ1v) is 8.34. The number of hydrogen-bond donors (Lipinski definition) is 2. The van der Waals surface area contributed by atoms with Gasteiger partial charge in [0.1, 0.15) is 5.75 Å². The fraction of sp³-hybridized carbons (Fsp3) is 0.143. The van der Waals surface area contributed by atoms with Gasteiger partial charge in [0.2, 0.25) is 0 Å². The first-order chi connectivity index (χ1) is 12.6. The molecule has 0 radical (unpaired) electrons. The van der Waals surface area contributed by atoms with E-state index >= 15 is 0 Å². The fourth-order valence-electron chi connectivity index (χ4n) is 3.63. The van der Waals surface area contributed by atoms with E-state index in [-0.39, 0.29) is 5.69 Å². The SMILES string of the molecule is COc1cccc(C2(c3ccccc3)C=Cc3c(C(=O)O)n[nH]c3C2)c1. The van der Waals surface area contributed by atoms with Gasteiger partial charge in [0.15, 0.2) is 5.69 Å².